The lowest BCUT2D eigenvalue weighted by molar-refractivity contribution is -0.256. The summed E-state index contributed by atoms with van der Waals surface area (Å²) in [5, 5.41) is 0. The summed E-state index contributed by atoms with van der Waals surface area (Å²) < 4.78 is 53.4. The predicted molar refractivity (Wildman–Crippen MR) is 86.0 cm³/mol. The van der Waals surface area contributed by atoms with E-state index in [0.29, 0.717) is 0 Å². The van der Waals surface area contributed by atoms with Crippen LogP contribution in [0.2, 0.25) is 19.6 Å². The first kappa shape index (κ1) is 18.9. The lowest BCUT2D eigenvalue weighted by Crippen LogP contribution is -2.61. The van der Waals surface area contributed by atoms with Crippen molar-refractivity contribution in [2.24, 2.45) is 0 Å². The van der Waals surface area contributed by atoms with E-state index < -0.39 is 26.0 Å². The molecule has 1 aromatic rings. The summed E-state index contributed by atoms with van der Waals surface area (Å²) >= 11 is 0. The summed E-state index contributed by atoms with van der Waals surface area (Å²) in [6.07, 6.45) is -4.87. The zero-order chi connectivity index (χ0) is 18.0. The van der Waals surface area contributed by atoms with Crippen LogP contribution < -0.4 is 0 Å². The van der Waals surface area contributed by atoms with Crippen LogP contribution in [-0.2, 0) is 19.6 Å². The Hall–Kier alpha value is -1.38. The molecule has 0 aliphatic carbocycles. The second-order valence-corrected chi connectivity index (χ2v) is 11.1. The third-order valence-electron chi connectivity index (χ3n) is 3.64. The van der Waals surface area contributed by atoms with Crippen molar-refractivity contribution < 1.29 is 27.1 Å². The van der Waals surface area contributed by atoms with E-state index in [-0.39, 0.29) is 31.9 Å². The van der Waals surface area contributed by atoms with Gasteiger partial charge in [0.25, 0.3) is 11.5 Å². The molecule has 0 radical (unpaired) electrons. The zero-order valence-electron chi connectivity index (χ0n) is 14.0. The second-order valence-electron chi connectivity index (χ2n) is 6.66. The van der Waals surface area contributed by atoms with E-state index in [1.54, 1.807) is 25.7 Å². The van der Waals surface area contributed by atoms with Gasteiger partial charge < -0.3 is 14.1 Å². The average Bonchev–Trinajstić information content (AvgIpc) is 2.51. The molecule has 24 heavy (non-hydrogen) atoms. The minimum Gasteiger partial charge on any atom is -0.393 e. The summed E-state index contributed by atoms with van der Waals surface area (Å²) in [6, 6.07) is 7.17. The standard InChI is InChI=1S/C16H22F3NO3Si/c1-24(2,3)23-15(16(17,18)19,13-7-5-4-6-8-13)14(21)20-9-11-22-12-10-20/h4-8H,9-12H2,1-3H3. The average molecular weight is 361 g/mol. The number of rotatable bonds is 4. The number of morpholine rings is 1. The number of halogens is 3. The van der Waals surface area contributed by atoms with E-state index in [0.717, 1.165) is 0 Å². The Kier molecular flexibility index (Phi) is 5.41. The molecule has 0 aromatic heterocycles. The topological polar surface area (TPSA) is 38.8 Å². The highest BCUT2D eigenvalue weighted by molar-refractivity contribution is 6.70. The molecule has 8 heteroatoms. The molecule has 1 heterocycles. The van der Waals surface area contributed by atoms with Crippen molar-refractivity contribution in [3.05, 3.63) is 35.9 Å². The van der Waals surface area contributed by atoms with Gasteiger partial charge in [-0.2, -0.15) is 13.2 Å². The fraction of sp³-hybridized carbons (Fsp3) is 0.562. The van der Waals surface area contributed by atoms with Crippen molar-refractivity contribution >= 4 is 14.2 Å². The molecule has 0 saturated carbocycles. The number of hydrogen-bond acceptors (Lipinski definition) is 3. The van der Waals surface area contributed by atoms with Crippen molar-refractivity contribution in [2.75, 3.05) is 26.3 Å². The molecule has 2 rings (SSSR count). The summed E-state index contributed by atoms with van der Waals surface area (Å²) in [5.41, 5.74) is -3.16. The van der Waals surface area contributed by atoms with Crippen LogP contribution in [0.15, 0.2) is 30.3 Å². The molecule has 1 amide bonds. The molecule has 4 nitrogen and oxygen atoms in total. The minimum atomic E-state index is -4.87. The smallest absolute Gasteiger partial charge is 0.393 e. The monoisotopic (exact) mass is 361 g/mol. The van der Waals surface area contributed by atoms with Gasteiger partial charge in [0.1, 0.15) is 0 Å². The number of ether oxygens (including phenoxy) is 1. The Bertz CT molecular complexity index is 568. The van der Waals surface area contributed by atoms with E-state index >= 15 is 0 Å². The normalized spacial score (nSPS) is 19.0. The Balaban J connectivity index is 2.59. The highest BCUT2D eigenvalue weighted by Gasteiger charge is 2.65. The fourth-order valence-corrected chi connectivity index (χ4v) is 3.93. The van der Waals surface area contributed by atoms with E-state index in [1.165, 1.54) is 29.2 Å². The van der Waals surface area contributed by atoms with Gasteiger partial charge in [0.15, 0.2) is 8.32 Å². The number of carbonyl (C=O) groups is 1. The van der Waals surface area contributed by atoms with Gasteiger partial charge in [-0.3, -0.25) is 4.79 Å². The first-order chi connectivity index (χ1) is 11.1. The third kappa shape index (κ3) is 3.81. The number of benzene rings is 1. The van der Waals surface area contributed by atoms with Crippen LogP contribution in [-0.4, -0.2) is 51.6 Å². The quantitative estimate of drug-likeness (QED) is 0.774. The van der Waals surface area contributed by atoms with Gasteiger partial charge in [0.2, 0.25) is 0 Å². The Morgan fingerprint density at radius 1 is 1.12 bits per heavy atom. The van der Waals surface area contributed by atoms with Crippen LogP contribution in [0.4, 0.5) is 13.2 Å². The lowest BCUT2D eigenvalue weighted by atomic mass is 9.91. The van der Waals surface area contributed by atoms with Gasteiger partial charge in [-0.05, 0) is 19.6 Å². The summed E-state index contributed by atoms with van der Waals surface area (Å²) in [5.74, 6) is -1.06. The Labute approximate surface area is 140 Å². The highest BCUT2D eigenvalue weighted by Crippen LogP contribution is 2.45. The van der Waals surface area contributed by atoms with E-state index in [9.17, 15) is 18.0 Å². The maximum absolute atomic E-state index is 14.2. The molecule has 1 unspecified atom stereocenters. The first-order valence-electron chi connectivity index (χ1n) is 7.77. The molecule has 1 saturated heterocycles. The third-order valence-corrected chi connectivity index (χ3v) is 4.56. The van der Waals surface area contributed by atoms with Crippen LogP contribution in [0.3, 0.4) is 0 Å². The van der Waals surface area contributed by atoms with Crippen LogP contribution >= 0.6 is 0 Å². The lowest BCUT2D eigenvalue weighted by Gasteiger charge is -2.43. The largest absolute Gasteiger partial charge is 0.430 e. The van der Waals surface area contributed by atoms with Gasteiger partial charge in [-0.1, -0.05) is 30.3 Å². The van der Waals surface area contributed by atoms with Crippen molar-refractivity contribution in [1.82, 2.24) is 4.90 Å². The van der Waals surface area contributed by atoms with E-state index in [4.69, 9.17) is 9.16 Å². The molecule has 1 aliphatic rings. The van der Waals surface area contributed by atoms with Crippen molar-refractivity contribution in [3.8, 4) is 0 Å². The molecule has 0 N–H and O–H groups in total. The highest BCUT2D eigenvalue weighted by atomic mass is 28.4. The van der Waals surface area contributed by atoms with Crippen LogP contribution in [0, 0.1) is 0 Å². The van der Waals surface area contributed by atoms with E-state index in [1.807, 2.05) is 0 Å². The molecular formula is C16H22F3NO3Si. The molecule has 1 aliphatic heterocycles. The molecule has 1 aromatic carbocycles. The maximum atomic E-state index is 14.2. The number of alkyl halides is 3. The van der Waals surface area contributed by atoms with Crippen LogP contribution in [0.1, 0.15) is 5.56 Å². The van der Waals surface area contributed by atoms with Gasteiger partial charge >= 0.3 is 6.18 Å². The number of carbonyl (C=O) groups excluding carboxylic acids is 1. The van der Waals surface area contributed by atoms with Crippen LogP contribution in [0.5, 0.6) is 0 Å². The van der Waals surface area contributed by atoms with E-state index in [2.05, 4.69) is 0 Å². The molecule has 134 valence electrons. The predicted octanol–water partition coefficient (Wildman–Crippen LogP) is 3.15. The van der Waals surface area contributed by atoms with Gasteiger partial charge in [0.05, 0.1) is 13.2 Å². The Morgan fingerprint density at radius 2 is 1.67 bits per heavy atom. The zero-order valence-corrected chi connectivity index (χ0v) is 15.0. The summed E-state index contributed by atoms with van der Waals surface area (Å²) in [6.45, 7) is 5.62. The van der Waals surface area contributed by atoms with Gasteiger partial charge in [-0.15, -0.1) is 0 Å². The number of hydrogen-bond donors (Lipinski definition) is 0. The summed E-state index contributed by atoms with van der Waals surface area (Å²) in [4.78, 5) is 14.2. The number of nitrogens with zero attached hydrogens (tertiary/aromatic N) is 1. The molecule has 0 bridgehead atoms. The second kappa shape index (κ2) is 6.85. The molecule has 1 fully saturated rings. The molecule has 1 atom stereocenters. The first-order valence-corrected chi connectivity index (χ1v) is 11.2. The van der Waals surface area contributed by atoms with Gasteiger partial charge in [0, 0.05) is 18.7 Å². The molecule has 0 spiro atoms. The Morgan fingerprint density at radius 3 is 2.12 bits per heavy atom. The summed E-state index contributed by atoms with van der Waals surface area (Å²) in [7, 11) is -2.71. The van der Waals surface area contributed by atoms with Crippen molar-refractivity contribution in [1.29, 1.82) is 0 Å². The maximum Gasteiger partial charge on any atom is 0.430 e. The van der Waals surface area contributed by atoms with Crippen molar-refractivity contribution in [3.63, 3.8) is 0 Å². The minimum absolute atomic E-state index is 0.124. The van der Waals surface area contributed by atoms with Gasteiger partial charge in [-0.25, -0.2) is 0 Å². The number of amides is 1. The SMILES string of the molecule is C[Si](C)(C)OC(C(=O)N1CCOCC1)(c1ccccc1)C(F)(F)F. The molecular weight excluding hydrogens is 339 g/mol. The fourth-order valence-electron chi connectivity index (χ4n) is 2.69. The van der Waals surface area contributed by atoms with Crippen molar-refractivity contribution in [2.45, 2.75) is 31.4 Å². The van der Waals surface area contributed by atoms with Crippen LogP contribution in [0.25, 0.3) is 0 Å².